The van der Waals surface area contributed by atoms with E-state index in [0.29, 0.717) is 12.1 Å². The third kappa shape index (κ3) is 2.76. The van der Waals surface area contributed by atoms with E-state index in [2.05, 4.69) is 49.9 Å². The second-order valence-corrected chi connectivity index (χ2v) is 5.79. The summed E-state index contributed by atoms with van der Waals surface area (Å²) >= 11 is 0. The van der Waals surface area contributed by atoms with Crippen LogP contribution in [-0.2, 0) is 0 Å². The Labute approximate surface area is 111 Å². The Kier molecular flexibility index (Phi) is 4.41. The molecule has 0 saturated carbocycles. The number of hydrogen-bond acceptors (Lipinski definition) is 2. The van der Waals surface area contributed by atoms with Crippen LogP contribution in [0.4, 0.5) is 0 Å². The minimum Gasteiger partial charge on any atom is -0.329 e. The van der Waals surface area contributed by atoms with Crippen LogP contribution in [0.15, 0.2) is 24.3 Å². The minimum absolute atomic E-state index is 0.479. The molecule has 1 aliphatic rings. The molecule has 1 aromatic carbocycles. The van der Waals surface area contributed by atoms with E-state index >= 15 is 0 Å². The highest BCUT2D eigenvalue weighted by Crippen LogP contribution is 2.31. The molecule has 2 N–H and O–H groups in total. The predicted octanol–water partition coefficient (Wildman–Crippen LogP) is 3.12. The Morgan fingerprint density at radius 1 is 1.39 bits per heavy atom. The van der Waals surface area contributed by atoms with Crippen molar-refractivity contribution in [2.45, 2.75) is 45.7 Å². The fourth-order valence-corrected chi connectivity index (χ4v) is 3.25. The van der Waals surface area contributed by atoms with Crippen molar-refractivity contribution in [3.05, 3.63) is 35.4 Å². The molecule has 0 aromatic heterocycles. The molecule has 0 bridgehead atoms. The number of aryl methyl sites for hydroxylation is 1. The zero-order chi connectivity index (χ0) is 13.1. The molecule has 1 heterocycles. The highest BCUT2D eigenvalue weighted by Gasteiger charge is 2.29. The Morgan fingerprint density at radius 2 is 2.11 bits per heavy atom. The Morgan fingerprint density at radius 3 is 2.78 bits per heavy atom. The lowest BCUT2D eigenvalue weighted by atomic mass is 9.89. The minimum atomic E-state index is 0.479. The fraction of sp³-hybridized carbons (Fsp3) is 0.625. The van der Waals surface area contributed by atoms with Gasteiger partial charge in [0.05, 0.1) is 0 Å². The number of rotatable bonds is 3. The van der Waals surface area contributed by atoms with Crippen LogP contribution in [0.1, 0.15) is 43.9 Å². The second kappa shape index (κ2) is 5.85. The number of piperidine rings is 1. The number of likely N-dealkylation sites (tertiary alicyclic amines) is 1. The van der Waals surface area contributed by atoms with Gasteiger partial charge in [-0.3, -0.25) is 4.90 Å². The van der Waals surface area contributed by atoms with Crippen molar-refractivity contribution in [1.82, 2.24) is 4.90 Å². The molecule has 0 amide bonds. The Balaban J connectivity index is 2.17. The quantitative estimate of drug-likeness (QED) is 0.888. The number of hydrogen-bond donors (Lipinski definition) is 1. The summed E-state index contributed by atoms with van der Waals surface area (Å²) in [5, 5.41) is 0. The first-order valence-corrected chi connectivity index (χ1v) is 7.14. The van der Waals surface area contributed by atoms with Crippen LogP contribution in [-0.4, -0.2) is 24.0 Å². The third-order valence-electron chi connectivity index (χ3n) is 4.43. The first-order valence-electron chi connectivity index (χ1n) is 7.14. The zero-order valence-electron chi connectivity index (χ0n) is 11.9. The Bertz CT molecular complexity index is 388. The molecule has 0 spiro atoms. The summed E-state index contributed by atoms with van der Waals surface area (Å²) in [4.78, 5) is 2.60. The van der Waals surface area contributed by atoms with Crippen LogP contribution >= 0.6 is 0 Å². The molecule has 3 atom stereocenters. The predicted molar refractivity (Wildman–Crippen MR) is 77.5 cm³/mol. The number of benzene rings is 1. The first kappa shape index (κ1) is 13.6. The van der Waals surface area contributed by atoms with Gasteiger partial charge in [0.15, 0.2) is 0 Å². The maximum absolute atomic E-state index is 5.97. The van der Waals surface area contributed by atoms with E-state index in [1.165, 1.54) is 30.5 Å². The van der Waals surface area contributed by atoms with E-state index < -0.39 is 0 Å². The summed E-state index contributed by atoms with van der Waals surface area (Å²) in [6, 6.07) is 9.74. The van der Waals surface area contributed by atoms with Crippen molar-refractivity contribution in [3.63, 3.8) is 0 Å². The molecule has 2 rings (SSSR count). The molecule has 1 aliphatic heterocycles. The van der Waals surface area contributed by atoms with Gasteiger partial charge in [0.1, 0.15) is 0 Å². The van der Waals surface area contributed by atoms with Crippen molar-refractivity contribution in [2.75, 3.05) is 13.1 Å². The van der Waals surface area contributed by atoms with Gasteiger partial charge >= 0.3 is 0 Å². The van der Waals surface area contributed by atoms with Crippen LogP contribution < -0.4 is 5.73 Å². The fourth-order valence-electron chi connectivity index (χ4n) is 3.25. The van der Waals surface area contributed by atoms with Gasteiger partial charge in [-0.05, 0) is 50.3 Å². The van der Waals surface area contributed by atoms with E-state index in [9.17, 15) is 0 Å². The lowest BCUT2D eigenvalue weighted by molar-refractivity contribution is 0.0831. The Hall–Kier alpha value is -0.860. The molecule has 3 unspecified atom stereocenters. The molecule has 18 heavy (non-hydrogen) atoms. The van der Waals surface area contributed by atoms with E-state index in [-0.39, 0.29) is 0 Å². The zero-order valence-corrected chi connectivity index (χ0v) is 11.9. The first-order chi connectivity index (χ1) is 8.63. The SMILES string of the molecule is Cc1ccccc1C(C)N1CCC(C)CC1CN. The van der Waals surface area contributed by atoms with Gasteiger partial charge in [0.2, 0.25) is 0 Å². The van der Waals surface area contributed by atoms with Crippen LogP contribution in [0.25, 0.3) is 0 Å². The molecule has 0 aliphatic carbocycles. The molecule has 2 nitrogen and oxygen atoms in total. The summed E-state index contributed by atoms with van der Waals surface area (Å²) in [5.41, 5.74) is 8.81. The maximum Gasteiger partial charge on any atom is 0.0325 e. The largest absolute Gasteiger partial charge is 0.329 e. The van der Waals surface area contributed by atoms with Crippen molar-refractivity contribution in [3.8, 4) is 0 Å². The molecule has 0 radical (unpaired) electrons. The summed E-state index contributed by atoms with van der Waals surface area (Å²) < 4.78 is 0. The van der Waals surface area contributed by atoms with Crippen molar-refractivity contribution < 1.29 is 0 Å². The van der Waals surface area contributed by atoms with Gasteiger partial charge in [-0.2, -0.15) is 0 Å². The monoisotopic (exact) mass is 246 g/mol. The van der Waals surface area contributed by atoms with Crippen LogP contribution in [0, 0.1) is 12.8 Å². The molecule has 100 valence electrons. The van der Waals surface area contributed by atoms with Crippen LogP contribution in [0.5, 0.6) is 0 Å². The molecule has 1 aromatic rings. The third-order valence-corrected chi connectivity index (χ3v) is 4.43. The van der Waals surface area contributed by atoms with Gasteiger partial charge in [0, 0.05) is 18.6 Å². The van der Waals surface area contributed by atoms with E-state index in [1.807, 2.05) is 0 Å². The summed E-state index contributed by atoms with van der Waals surface area (Å²) in [7, 11) is 0. The van der Waals surface area contributed by atoms with Gasteiger partial charge in [-0.15, -0.1) is 0 Å². The molecule has 1 fully saturated rings. The van der Waals surface area contributed by atoms with E-state index in [1.54, 1.807) is 0 Å². The van der Waals surface area contributed by atoms with Crippen LogP contribution in [0.3, 0.4) is 0 Å². The van der Waals surface area contributed by atoms with E-state index in [0.717, 1.165) is 12.5 Å². The van der Waals surface area contributed by atoms with Gasteiger partial charge in [-0.1, -0.05) is 31.2 Å². The second-order valence-electron chi connectivity index (χ2n) is 5.79. The average Bonchev–Trinajstić information content (AvgIpc) is 2.38. The van der Waals surface area contributed by atoms with Gasteiger partial charge in [0.25, 0.3) is 0 Å². The van der Waals surface area contributed by atoms with Crippen molar-refractivity contribution >= 4 is 0 Å². The van der Waals surface area contributed by atoms with Gasteiger partial charge < -0.3 is 5.73 Å². The summed E-state index contributed by atoms with van der Waals surface area (Å²) in [6.45, 7) is 8.83. The standard InChI is InChI=1S/C16H26N2/c1-12-8-9-18(15(10-12)11-17)14(3)16-7-5-4-6-13(16)2/h4-7,12,14-15H,8-11,17H2,1-3H3. The smallest absolute Gasteiger partial charge is 0.0325 e. The maximum atomic E-state index is 5.97. The summed E-state index contributed by atoms with van der Waals surface area (Å²) in [6.07, 6.45) is 2.54. The lowest BCUT2D eigenvalue weighted by Gasteiger charge is -2.42. The topological polar surface area (TPSA) is 29.3 Å². The lowest BCUT2D eigenvalue weighted by Crippen LogP contribution is -2.47. The molecular weight excluding hydrogens is 220 g/mol. The number of nitrogens with zero attached hydrogens (tertiary/aromatic N) is 1. The molecule has 1 saturated heterocycles. The normalized spacial score (nSPS) is 27.1. The molecule has 2 heteroatoms. The van der Waals surface area contributed by atoms with Gasteiger partial charge in [-0.25, -0.2) is 0 Å². The summed E-state index contributed by atoms with van der Waals surface area (Å²) in [5.74, 6) is 0.818. The van der Waals surface area contributed by atoms with Crippen molar-refractivity contribution in [1.29, 1.82) is 0 Å². The average molecular weight is 246 g/mol. The highest BCUT2D eigenvalue weighted by atomic mass is 15.2. The number of nitrogens with two attached hydrogens (primary N) is 1. The van der Waals surface area contributed by atoms with Crippen LogP contribution in [0.2, 0.25) is 0 Å². The molecular formula is C16H26N2. The highest BCUT2D eigenvalue weighted by molar-refractivity contribution is 5.28. The van der Waals surface area contributed by atoms with Crippen molar-refractivity contribution in [2.24, 2.45) is 11.7 Å². The van der Waals surface area contributed by atoms with E-state index in [4.69, 9.17) is 5.73 Å².